The fourth-order valence-corrected chi connectivity index (χ4v) is 7.98. The molecular weight excluding hydrogens is 410 g/mol. The highest BCUT2D eigenvalue weighted by Crippen LogP contribution is 2.59. The quantitative estimate of drug-likeness (QED) is 0.621. The molecule has 0 amide bonds. The van der Waals surface area contributed by atoms with E-state index in [4.69, 9.17) is 4.74 Å². The van der Waals surface area contributed by atoms with E-state index in [0.717, 1.165) is 48.7 Å². The molecule has 0 spiro atoms. The zero-order valence-electron chi connectivity index (χ0n) is 20.8. The maximum absolute atomic E-state index is 10.2. The Morgan fingerprint density at radius 1 is 1.21 bits per heavy atom. The second-order valence-electron chi connectivity index (χ2n) is 12.1. The molecule has 1 heterocycles. The lowest BCUT2D eigenvalue weighted by Crippen LogP contribution is -2.50. The summed E-state index contributed by atoms with van der Waals surface area (Å²) in [5.74, 6) is 3.06. The molecule has 1 saturated heterocycles. The summed E-state index contributed by atoms with van der Waals surface area (Å²) in [6.45, 7) is 13.4. The lowest BCUT2D eigenvalue weighted by molar-refractivity contribution is -0.0312. The van der Waals surface area contributed by atoms with E-state index in [-0.39, 0.29) is 0 Å². The fraction of sp³-hybridized carbons (Fsp3) is 0.793. The van der Waals surface area contributed by atoms with Crippen molar-refractivity contribution in [3.8, 4) is 0 Å². The predicted molar refractivity (Wildman–Crippen MR) is 133 cm³/mol. The molecule has 0 bridgehead atoms. The number of fused-ring (bicyclic) bond motifs is 1. The van der Waals surface area contributed by atoms with E-state index in [0.29, 0.717) is 30.2 Å². The summed E-state index contributed by atoms with van der Waals surface area (Å²) >= 11 is 0. The normalized spacial score (nSPS) is 43.8. The molecule has 4 saturated carbocycles. The number of morpholine rings is 1. The van der Waals surface area contributed by atoms with E-state index in [1.54, 1.807) is 5.57 Å². The van der Waals surface area contributed by atoms with Gasteiger partial charge in [0.15, 0.2) is 0 Å². The summed E-state index contributed by atoms with van der Waals surface area (Å²) in [5.41, 5.74) is 3.81. The number of hydrogen-bond acceptors (Lipinski definition) is 4. The topological polar surface area (TPSA) is 52.9 Å². The van der Waals surface area contributed by atoms with Crippen molar-refractivity contribution in [2.75, 3.05) is 26.3 Å². The Morgan fingerprint density at radius 3 is 2.82 bits per heavy atom. The summed E-state index contributed by atoms with van der Waals surface area (Å²) in [4.78, 5) is 2.78. The van der Waals surface area contributed by atoms with Crippen molar-refractivity contribution in [2.24, 2.45) is 29.1 Å². The van der Waals surface area contributed by atoms with E-state index in [2.05, 4.69) is 37.5 Å². The summed E-state index contributed by atoms with van der Waals surface area (Å²) < 4.78 is 5.85. The Bertz CT molecular complexity index is 799. The first-order valence-electron chi connectivity index (χ1n) is 13.6. The number of nitrogens with zero attached hydrogens (tertiary/aromatic N) is 1. The predicted octanol–water partition coefficient (Wildman–Crippen LogP) is 4.87. The van der Waals surface area contributed by atoms with E-state index in [1.165, 1.54) is 51.5 Å². The van der Waals surface area contributed by atoms with Crippen molar-refractivity contribution in [1.82, 2.24) is 4.90 Å². The Hall–Kier alpha value is -0.940. The third-order valence-corrected chi connectivity index (χ3v) is 9.96. The van der Waals surface area contributed by atoms with Crippen LogP contribution in [0.4, 0.5) is 0 Å². The van der Waals surface area contributed by atoms with Crippen molar-refractivity contribution in [1.29, 1.82) is 0 Å². The van der Waals surface area contributed by atoms with Crippen LogP contribution in [0.2, 0.25) is 0 Å². The van der Waals surface area contributed by atoms with Gasteiger partial charge in [0.1, 0.15) is 0 Å². The van der Waals surface area contributed by atoms with E-state index >= 15 is 0 Å². The van der Waals surface area contributed by atoms with Gasteiger partial charge in [-0.05, 0) is 91.6 Å². The summed E-state index contributed by atoms with van der Waals surface area (Å²) in [5, 5.41) is 20.3. The van der Waals surface area contributed by atoms with E-state index in [1.807, 2.05) is 0 Å². The van der Waals surface area contributed by atoms with Crippen LogP contribution in [-0.2, 0) is 4.74 Å². The molecule has 0 aromatic carbocycles. The molecule has 0 aromatic rings. The van der Waals surface area contributed by atoms with Crippen LogP contribution in [0.25, 0.3) is 0 Å². The highest BCUT2D eigenvalue weighted by Gasteiger charge is 2.51. The smallest absolute Gasteiger partial charge is 0.0811 e. The Balaban J connectivity index is 1.29. The van der Waals surface area contributed by atoms with Gasteiger partial charge in [0, 0.05) is 25.6 Å². The van der Waals surface area contributed by atoms with Gasteiger partial charge in [0.25, 0.3) is 0 Å². The average molecular weight is 456 g/mol. The van der Waals surface area contributed by atoms with Gasteiger partial charge in [-0.1, -0.05) is 38.2 Å². The third-order valence-electron chi connectivity index (χ3n) is 9.96. The standard InChI is InChI=1S/C29H45NO3/c1-19(17-30-13-14-33-18-27(30)22-7-8-22)25-10-11-26-21(5-4-12-29(25,26)3)6-9-23-15-24(31)16-28(32)20(23)2/h6,9,19,22,24-28,31-32H,2,4-5,7-8,10-18H2,1,3H3/b21-6+,23-9-/t19-,24-,25-,26+,27-,28+,29-/m1/s1. The highest BCUT2D eigenvalue weighted by atomic mass is 16.5. The van der Waals surface area contributed by atoms with Crippen LogP contribution >= 0.6 is 0 Å². The Kier molecular flexibility index (Phi) is 6.92. The minimum Gasteiger partial charge on any atom is -0.393 e. The largest absolute Gasteiger partial charge is 0.393 e. The summed E-state index contributed by atoms with van der Waals surface area (Å²) in [7, 11) is 0. The van der Waals surface area contributed by atoms with Crippen LogP contribution in [0.1, 0.15) is 71.6 Å². The van der Waals surface area contributed by atoms with Gasteiger partial charge in [-0.2, -0.15) is 0 Å². The number of allylic oxidation sites excluding steroid dienone is 3. The van der Waals surface area contributed by atoms with Gasteiger partial charge in [-0.3, -0.25) is 4.90 Å². The summed E-state index contributed by atoms with van der Waals surface area (Å²) in [6.07, 6.45) is 13.7. The van der Waals surface area contributed by atoms with Crippen molar-refractivity contribution in [2.45, 2.75) is 89.9 Å². The van der Waals surface area contributed by atoms with Crippen molar-refractivity contribution in [3.63, 3.8) is 0 Å². The number of ether oxygens (including phenoxy) is 1. The van der Waals surface area contributed by atoms with E-state index < -0.39 is 12.2 Å². The number of aliphatic hydroxyl groups excluding tert-OH is 2. The number of aliphatic hydroxyl groups is 2. The second-order valence-corrected chi connectivity index (χ2v) is 12.1. The maximum atomic E-state index is 10.2. The van der Waals surface area contributed by atoms with Gasteiger partial charge in [0.2, 0.25) is 0 Å². The molecule has 4 heteroatoms. The third kappa shape index (κ3) is 4.78. The lowest BCUT2D eigenvalue weighted by Gasteiger charge is -2.46. The van der Waals surface area contributed by atoms with Crippen LogP contribution in [-0.4, -0.2) is 59.7 Å². The van der Waals surface area contributed by atoms with Gasteiger partial charge in [-0.15, -0.1) is 0 Å². The zero-order chi connectivity index (χ0) is 23.2. The molecule has 7 atom stereocenters. The van der Waals surface area contributed by atoms with Crippen molar-refractivity contribution in [3.05, 3.63) is 35.5 Å². The monoisotopic (exact) mass is 455 g/mol. The average Bonchev–Trinajstić information content (AvgIpc) is 3.56. The molecule has 0 unspecified atom stereocenters. The maximum Gasteiger partial charge on any atom is 0.0811 e. The molecule has 4 nitrogen and oxygen atoms in total. The van der Waals surface area contributed by atoms with Crippen molar-refractivity contribution >= 4 is 0 Å². The molecule has 5 fully saturated rings. The molecule has 0 aromatic heterocycles. The minimum atomic E-state index is -0.605. The van der Waals surface area contributed by atoms with Crippen LogP contribution < -0.4 is 0 Å². The molecule has 5 aliphatic rings. The molecular formula is C29H45NO3. The Morgan fingerprint density at radius 2 is 2.03 bits per heavy atom. The molecule has 184 valence electrons. The zero-order valence-corrected chi connectivity index (χ0v) is 20.8. The number of hydrogen-bond donors (Lipinski definition) is 2. The molecule has 1 aliphatic heterocycles. The highest BCUT2D eigenvalue weighted by molar-refractivity contribution is 5.38. The van der Waals surface area contributed by atoms with Gasteiger partial charge < -0.3 is 14.9 Å². The van der Waals surface area contributed by atoms with Gasteiger partial charge in [-0.25, -0.2) is 0 Å². The van der Waals surface area contributed by atoms with Crippen LogP contribution in [0.5, 0.6) is 0 Å². The molecule has 5 rings (SSSR count). The van der Waals surface area contributed by atoms with Crippen molar-refractivity contribution < 1.29 is 14.9 Å². The SMILES string of the molecule is C=C1/C(=C\C=C2/CCC[C@]3(C)[C@@H]([C@H](C)CN4CCOC[C@@H]4C4CC4)CC[C@@H]23)C[C@@H](O)C[C@@H]1O. The molecule has 33 heavy (non-hydrogen) atoms. The van der Waals surface area contributed by atoms with Crippen LogP contribution in [0.3, 0.4) is 0 Å². The Labute approximate surface area is 200 Å². The van der Waals surface area contributed by atoms with Crippen LogP contribution in [0.15, 0.2) is 35.5 Å². The lowest BCUT2D eigenvalue weighted by atomic mass is 9.61. The molecule has 4 aliphatic carbocycles. The summed E-state index contributed by atoms with van der Waals surface area (Å²) in [6, 6.07) is 0.661. The van der Waals surface area contributed by atoms with Gasteiger partial charge in [0.05, 0.1) is 25.4 Å². The number of rotatable bonds is 5. The molecule has 0 radical (unpaired) electrons. The molecule has 2 N–H and O–H groups in total. The second kappa shape index (κ2) is 9.60. The first-order valence-corrected chi connectivity index (χ1v) is 13.6. The van der Waals surface area contributed by atoms with E-state index in [9.17, 15) is 10.2 Å². The fourth-order valence-electron chi connectivity index (χ4n) is 7.98. The first-order chi connectivity index (χ1) is 15.9. The van der Waals surface area contributed by atoms with Gasteiger partial charge >= 0.3 is 0 Å². The minimum absolute atomic E-state index is 0.395. The first kappa shape index (κ1) is 23.8. The van der Waals surface area contributed by atoms with Crippen LogP contribution in [0, 0.1) is 29.1 Å².